The lowest BCUT2D eigenvalue weighted by atomic mass is 10.2. The zero-order valence-corrected chi connectivity index (χ0v) is 10.9. The molecule has 106 valence electrons. The van der Waals surface area contributed by atoms with E-state index < -0.39 is 11.8 Å². The molecule has 0 aromatic carbocycles. The molecule has 1 aliphatic heterocycles. The van der Waals surface area contributed by atoms with Crippen molar-refractivity contribution in [3.63, 3.8) is 0 Å². The highest BCUT2D eigenvalue weighted by atomic mass is 16.5. The smallest absolute Gasteiger partial charge is 0.329 e. The van der Waals surface area contributed by atoms with Gasteiger partial charge in [0.15, 0.2) is 0 Å². The van der Waals surface area contributed by atoms with E-state index in [0.717, 1.165) is 18.4 Å². The van der Waals surface area contributed by atoms with E-state index in [-0.39, 0.29) is 6.10 Å². The third-order valence-corrected chi connectivity index (χ3v) is 2.78. The quantitative estimate of drug-likeness (QED) is 0.453. The molecule has 1 aliphatic rings. The van der Waals surface area contributed by atoms with E-state index in [1.54, 1.807) is 24.5 Å². The number of carbonyl (C=O) groups excluding carboxylic acids is 2. The van der Waals surface area contributed by atoms with Crippen LogP contribution in [0.15, 0.2) is 29.6 Å². The Bertz CT molecular complexity index is 484. The second-order valence-corrected chi connectivity index (χ2v) is 4.33. The van der Waals surface area contributed by atoms with Crippen LogP contribution in [-0.2, 0) is 14.3 Å². The van der Waals surface area contributed by atoms with E-state index in [9.17, 15) is 9.59 Å². The highest BCUT2D eigenvalue weighted by molar-refractivity contribution is 6.35. The normalized spacial score (nSPS) is 18.1. The highest BCUT2D eigenvalue weighted by Crippen LogP contribution is 2.10. The molecule has 0 unspecified atom stereocenters. The lowest BCUT2D eigenvalue weighted by Gasteiger charge is -2.09. The van der Waals surface area contributed by atoms with Crippen LogP contribution >= 0.6 is 0 Å². The Hall–Kier alpha value is -2.28. The van der Waals surface area contributed by atoms with E-state index in [2.05, 4.69) is 20.8 Å². The first-order chi connectivity index (χ1) is 9.75. The van der Waals surface area contributed by atoms with Gasteiger partial charge >= 0.3 is 11.8 Å². The standard InChI is InChI=1S/C13H16N4O3/c18-12(15-9-11-4-2-6-20-11)13(19)17-16-8-10-3-1-5-14-7-10/h1,3,5,7-8,11H,2,4,6,9H2,(H,15,18)(H,17,19)/b16-8-/t11-/m0/s1. The molecular formula is C13H16N4O3. The summed E-state index contributed by atoms with van der Waals surface area (Å²) in [6.07, 6.45) is 6.54. The molecule has 0 saturated carbocycles. The number of pyridine rings is 1. The lowest BCUT2D eigenvalue weighted by Crippen LogP contribution is -2.41. The number of nitrogens with zero attached hydrogens (tertiary/aromatic N) is 2. The zero-order valence-electron chi connectivity index (χ0n) is 10.9. The summed E-state index contributed by atoms with van der Waals surface area (Å²) >= 11 is 0. The van der Waals surface area contributed by atoms with Gasteiger partial charge in [-0.2, -0.15) is 5.10 Å². The van der Waals surface area contributed by atoms with Crippen LogP contribution in [0.4, 0.5) is 0 Å². The maximum atomic E-state index is 11.5. The van der Waals surface area contributed by atoms with Crippen LogP contribution in [-0.4, -0.2) is 42.3 Å². The summed E-state index contributed by atoms with van der Waals surface area (Å²) in [4.78, 5) is 26.8. The topological polar surface area (TPSA) is 92.7 Å². The highest BCUT2D eigenvalue weighted by Gasteiger charge is 2.18. The van der Waals surface area contributed by atoms with Crippen molar-refractivity contribution in [2.24, 2.45) is 5.10 Å². The first kappa shape index (κ1) is 14.1. The molecule has 1 atom stereocenters. The number of rotatable bonds is 4. The monoisotopic (exact) mass is 276 g/mol. The Morgan fingerprint density at radius 2 is 2.40 bits per heavy atom. The number of ether oxygens (including phenoxy) is 1. The summed E-state index contributed by atoms with van der Waals surface area (Å²) in [5, 5.41) is 6.20. The fraction of sp³-hybridized carbons (Fsp3) is 0.385. The van der Waals surface area contributed by atoms with Crippen molar-refractivity contribution in [2.45, 2.75) is 18.9 Å². The summed E-state index contributed by atoms with van der Waals surface area (Å²) in [7, 11) is 0. The van der Waals surface area contributed by atoms with Crippen LogP contribution in [0, 0.1) is 0 Å². The van der Waals surface area contributed by atoms with Crippen LogP contribution in [0.5, 0.6) is 0 Å². The number of nitrogens with one attached hydrogen (secondary N) is 2. The average Bonchev–Trinajstić information content (AvgIpc) is 2.99. The minimum absolute atomic E-state index is 0.00523. The van der Waals surface area contributed by atoms with Gasteiger partial charge in [0.2, 0.25) is 0 Å². The first-order valence-electron chi connectivity index (χ1n) is 6.38. The Morgan fingerprint density at radius 3 is 3.10 bits per heavy atom. The van der Waals surface area contributed by atoms with Crippen molar-refractivity contribution in [3.8, 4) is 0 Å². The largest absolute Gasteiger partial charge is 0.376 e. The summed E-state index contributed by atoms with van der Waals surface area (Å²) in [6, 6.07) is 3.53. The summed E-state index contributed by atoms with van der Waals surface area (Å²) < 4.78 is 5.34. The van der Waals surface area contributed by atoms with Gasteiger partial charge in [-0.05, 0) is 18.9 Å². The van der Waals surface area contributed by atoms with E-state index in [1.807, 2.05) is 0 Å². The SMILES string of the molecule is O=C(NC[C@@H]1CCCO1)C(=O)N/N=C\c1cccnc1. The fourth-order valence-corrected chi connectivity index (χ4v) is 1.76. The van der Waals surface area contributed by atoms with Gasteiger partial charge in [0.1, 0.15) is 0 Å². The molecule has 1 aromatic heterocycles. The fourth-order valence-electron chi connectivity index (χ4n) is 1.76. The molecule has 0 spiro atoms. The van der Waals surface area contributed by atoms with Gasteiger partial charge in [-0.1, -0.05) is 6.07 Å². The molecule has 7 nitrogen and oxygen atoms in total. The maximum Gasteiger partial charge on any atom is 0.329 e. The van der Waals surface area contributed by atoms with E-state index >= 15 is 0 Å². The molecule has 1 saturated heterocycles. The van der Waals surface area contributed by atoms with Crippen molar-refractivity contribution in [2.75, 3.05) is 13.2 Å². The Kier molecular flexibility index (Phi) is 5.19. The second-order valence-electron chi connectivity index (χ2n) is 4.33. The van der Waals surface area contributed by atoms with Crippen molar-refractivity contribution >= 4 is 18.0 Å². The van der Waals surface area contributed by atoms with Crippen LogP contribution < -0.4 is 10.7 Å². The molecule has 0 radical (unpaired) electrons. The minimum atomic E-state index is -0.803. The molecule has 1 fully saturated rings. The Labute approximate surface area is 116 Å². The number of amides is 2. The summed E-state index contributed by atoms with van der Waals surface area (Å²) in [5.74, 6) is -1.52. The van der Waals surface area contributed by atoms with Crippen molar-refractivity contribution in [3.05, 3.63) is 30.1 Å². The molecule has 2 rings (SSSR count). The van der Waals surface area contributed by atoms with E-state index in [0.29, 0.717) is 13.2 Å². The third kappa shape index (κ3) is 4.43. The molecule has 2 heterocycles. The molecule has 7 heteroatoms. The van der Waals surface area contributed by atoms with Crippen molar-refractivity contribution < 1.29 is 14.3 Å². The number of carbonyl (C=O) groups is 2. The summed E-state index contributed by atoms with van der Waals surface area (Å²) in [6.45, 7) is 1.06. The third-order valence-electron chi connectivity index (χ3n) is 2.78. The lowest BCUT2D eigenvalue weighted by molar-refractivity contribution is -0.139. The van der Waals surface area contributed by atoms with Gasteiger partial charge in [0.05, 0.1) is 12.3 Å². The van der Waals surface area contributed by atoms with Gasteiger partial charge in [0.25, 0.3) is 0 Å². The maximum absolute atomic E-state index is 11.5. The minimum Gasteiger partial charge on any atom is -0.376 e. The second kappa shape index (κ2) is 7.34. The van der Waals surface area contributed by atoms with Crippen LogP contribution in [0.1, 0.15) is 18.4 Å². The number of hydrazone groups is 1. The first-order valence-corrected chi connectivity index (χ1v) is 6.38. The van der Waals surface area contributed by atoms with Crippen molar-refractivity contribution in [1.29, 1.82) is 0 Å². The van der Waals surface area contributed by atoms with E-state index in [4.69, 9.17) is 4.74 Å². The average molecular weight is 276 g/mol. The number of hydrogen-bond acceptors (Lipinski definition) is 5. The molecule has 0 aliphatic carbocycles. The number of aromatic nitrogens is 1. The van der Waals surface area contributed by atoms with Crippen LogP contribution in [0.25, 0.3) is 0 Å². The molecule has 20 heavy (non-hydrogen) atoms. The zero-order chi connectivity index (χ0) is 14.2. The van der Waals surface area contributed by atoms with Gasteiger partial charge < -0.3 is 10.1 Å². The summed E-state index contributed by atoms with van der Waals surface area (Å²) in [5.41, 5.74) is 2.89. The Morgan fingerprint density at radius 1 is 1.50 bits per heavy atom. The Balaban J connectivity index is 1.71. The van der Waals surface area contributed by atoms with Crippen LogP contribution in [0.3, 0.4) is 0 Å². The molecule has 2 N–H and O–H groups in total. The predicted molar refractivity (Wildman–Crippen MR) is 72.0 cm³/mol. The van der Waals surface area contributed by atoms with E-state index in [1.165, 1.54) is 6.21 Å². The predicted octanol–water partition coefficient (Wildman–Crippen LogP) is -0.173. The molecule has 0 bridgehead atoms. The molecule has 2 amide bonds. The van der Waals surface area contributed by atoms with Gasteiger partial charge in [-0.3, -0.25) is 14.6 Å². The molecule has 1 aromatic rings. The van der Waals surface area contributed by atoms with Crippen molar-refractivity contribution in [1.82, 2.24) is 15.7 Å². The van der Waals surface area contributed by atoms with Crippen LogP contribution in [0.2, 0.25) is 0 Å². The van der Waals surface area contributed by atoms with Gasteiger partial charge in [0, 0.05) is 31.1 Å². The number of hydrogen-bond donors (Lipinski definition) is 2. The molecular weight excluding hydrogens is 260 g/mol. The van der Waals surface area contributed by atoms with Gasteiger partial charge in [-0.25, -0.2) is 5.43 Å². The van der Waals surface area contributed by atoms with Gasteiger partial charge in [-0.15, -0.1) is 0 Å².